The molecule has 2 fully saturated rings. The van der Waals surface area contributed by atoms with E-state index in [1.165, 1.54) is 34.7 Å². The van der Waals surface area contributed by atoms with E-state index in [0.717, 1.165) is 30.7 Å². The number of amides is 2. The smallest absolute Gasteiger partial charge is 0.243 e. The number of nitrogens with one attached hydrogen (secondary N) is 2. The number of fused-ring (bicyclic) bond motifs is 1. The van der Waals surface area contributed by atoms with Gasteiger partial charge in [-0.1, -0.05) is 36.2 Å². The van der Waals surface area contributed by atoms with Crippen LogP contribution in [0.5, 0.6) is 5.75 Å². The van der Waals surface area contributed by atoms with Crippen LogP contribution in [-0.4, -0.2) is 62.9 Å². The largest absolute Gasteiger partial charge is 0.488 e. The summed E-state index contributed by atoms with van der Waals surface area (Å²) in [6.45, 7) is 7.93. The minimum absolute atomic E-state index is 0.00832. The number of primary amides is 1. The lowest BCUT2D eigenvalue weighted by atomic mass is 9.91. The fraction of sp³-hybridized carbons (Fsp3) is 0.517. The van der Waals surface area contributed by atoms with Crippen LogP contribution in [0.25, 0.3) is 0 Å². The zero-order chi connectivity index (χ0) is 29.3. The maximum Gasteiger partial charge on any atom is 0.243 e. The predicted octanol–water partition coefficient (Wildman–Crippen LogP) is 2.15. The number of rotatable bonds is 4. The molecular weight excluding hydrogens is 530 g/mol. The first-order valence-corrected chi connectivity index (χ1v) is 15.2. The molecule has 11 heteroatoms. The summed E-state index contributed by atoms with van der Waals surface area (Å²) in [4.78, 5) is 20.9. The molecule has 40 heavy (non-hydrogen) atoms. The molecule has 2 aromatic rings. The van der Waals surface area contributed by atoms with Gasteiger partial charge in [0.15, 0.2) is 0 Å². The standard InChI is InChI=1S/C16H23NO.C11H14N2O3S.C2H6N2O/c1-16(2)9-8-12-6-7-13(11-15(12)18-16)14-5-3-4-10-17-14;1-9-2-4-10(5-3-9)17(15,16)13-7-6-12-11(14)8-13;3-1-2(4)5/h6-7,11,14,17H,3-5,8-10H2,1-2H3;2-5H,6-8H2,1H3,(H,12,14);1,3H2,(H2,4,5). The molecule has 3 heterocycles. The summed E-state index contributed by atoms with van der Waals surface area (Å²) >= 11 is 0. The minimum atomic E-state index is -3.54. The van der Waals surface area contributed by atoms with Gasteiger partial charge in [-0.15, -0.1) is 0 Å². The first-order chi connectivity index (χ1) is 18.9. The highest BCUT2D eigenvalue weighted by atomic mass is 32.2. The van der Waals surface area contributed by atoms with E-state index in [0.29, 0.717) is 19.1 Å². The van der Waals surface area contributed by atoms with Crippen molar-refractivity contribution in [3.8, 4) is 5.75 Å². The van der Waals surface area contributed by atoms with Crippen LogP contribution < -0.4 is 26.8 Å². The van der Waals surface area contributed by atoms with Crippen LogP contribution >= 0.6 is 0 Å². The number of carbonyl (C=O) groups excluding carboxylic acids is 2. The number of piperidine rings is 1. The van der Waals surface area contributed by atoms with Crippen molar-refractivity contribution in [2.75, 3.05) is 32.7 Å². The molecule has 3 aliphatic rings. The summed E-state index contributed by atoms with van der Waals surface area (Å²) in [6.07, 6.45) is 6.15. The molecule has 10 nitrogen and oxygen atoms in total. The fourth-order valence-electron chi connectivity index (χ4n) is 4.69. The molecule has 0 bridgehead atoms. The van der Waals surface area contributed by atoms with Gasteiger partial charge in [0.05, 0.1) is 18.0 Å². The predicted molar refractivity (Wildman–Crippen MR) is 155 cm³/mol. The Morgan fingerprint density at radius 2 is 1.82 bits per heavy atom. The van der Waals surface area contributed by atoms with Crippen molar-refractivity contribution in [2.24, 2.45) is 11.5 Å². The highest BCUT2D eigenvalue weighted by molar-refractivity contribution is 7.89. The van der Waals surface area contributed by atoms with Crippen molar-refractivity contribution in [2.45, 2.75) is 69.4 Å². The first kappa shape index (κ1) is 31.5. The molecule has 6 N–H and O–H groups in total. The topological polar surface area (TPSA) is 157 Å². The van der Waals surface area contributed by atoms with Crippen LogP contribution in [-0.2, 0) is 26.0 Å². The van der Waals surface area contributed by atoms with E-state index in [4.69, 9.17) is 10.5 Å². The van der Waals surface area contributed by atoms with Crippen molar-refractivity contribution in [3.05, 3.63) is 59.2 Å². The molecule has 0 aromatic heterocycles. The van der Waals surface area contributed by atoms with Crippen LogP contribution in [0.4, 0.5) is 0 Å². The second-order valence-electron chi connectivity index (χ2n) is 10.9. The van der Waals surface area contributed by atoms with E-state index in [-0.39, 0.29) is 29.5 Å². The monoisotopic (exact) mass is 573 g/mol. The number of piperazine rings is 1. The van der Waals surface area contributed by atoms with E-state index < -0.39 is 15.9 Å². The van der Waals surface area contributed by atoms with E-state index in [9.17, 15) is 18.0 Å². The third-order valence-corrected chi connectivity index (χ3v) is 8.91. The van der Waals surface area contributed by atoms with Gasteiger partial charge in [0.25, 0.3) is 0 Å². The Morgan fingerprint density at radius 1 is 1.12 bits per heavy atom. The minimum Gasteiger partial charge on any atom is -0.488 e. The molecule has 0 radical (unpaired) electrons. The Hall–Kier alpha value is -2.99. The third kappa shape index (κ3) is 9.02. The molecule has 5 rings (SSSR count). The molecule has 1 unspecified atom stereocenters. The maximum atomic E-state index is 12.2. The van der Waals surface area contributed by atoms with Crippen LogP contribution in [0, 0.1) is 6.92 Å². The lowest BCUT2D eigenvalue weighted by Crippen LogP contribution is -2.49. The zero-order valence-electron chi connectivity index (χ0n) is 23.7. The second kappa shape index (κ2) is 14.1. The highest BCUT2D eigenvalue weighted by Crippen LogP contribution is 2.36. The first-order valence-electron chi connectivity index (χ1n) is 13.8. The normalized spacial score (nSPS) is 20.3. The molecule has 220 valence electrons. The van der Waals surface area contributed by atoms with Gasteiger partial charge in [-0.2, -0.15) is 4.31 Å². The van der Waals surface area contributed by atoms with Crippen molar-refractivity contribution >= 4 is 21.8 Å². The Labute approximate surface area is 237 Å². The molecule has 0 aliphatic carbocycles. The third-order valence-electron chi connectivity index (χ3n) is 7.05. The van der Waals surface area contributed by atoms with E-state index in [1.807, 2.05) is 6.92 Å². The molecule has 0 saturated carbocycles. The van der Waals surface area contributed by atoms with Gasteiger partial charge in [-0.05, 0) is 82.3 Å². The lowest BCUT2D eigenvalue weighted by Gasteiger charge is -2.33. The molecule has 1 atom stereocenters. The number of sulfonamides is 1. The van der Waals surface area contributed by atoms with Crippen molar-refractivity contribution in [1.29, 1.82) is 0 Å². The summed E-state index contributed by atoms with van der Waals surface area (Å²) < 4.78 is 31.7. The number of nitrogens with two attached hydrogens (primary N) is 2. The second-order valence-corrected chi connectivity index (χ2v) is 12.8. The van der Waals surface area contributed by atoms with Gasteiger partial charge >= 0.3 is 0 Å². The van der Waals surface area contributed by atoms with Gasteiger partial charge in [0.2, 0.25) is 21.8 Å². The fourth-order valence-corrected chi connectivity index (χ4v) is 6.09. The summed E-state index contributed by atoms with van der Waals surface area (Å²) in [7, 11) is -3.54. The maximum absolute atomic E-state index is 12.2. The average Bonchev–Trinajstić information content (AvgIpc) is 2.93. The number of benzene rings is 2. The van der Waals surface area contributed by atoms with Gasteiger partial charge < -0.3 is 26.8 Å². The van der Waals surface area contributed by atoms with E-state index >= 15 is 0 Å². The summed E-state index contributed by atoms with van der Waals surface area (Å²) in [5, 5.41) is 6.21. The van der Waals surface area contributed by atoms with Crippen molar-refractivity contribution < 1.29 is 22.7 Å². The summed E-state index contributed by atoms with van der Waals surface area (Å²) in [5.74, 6) is 0.382. The Balaban J connectivity index is 0.000000190. The SMILES string of the molecule is CC1(C)CCc2ccc(C3CCCCN3)cc2O1.Cc1ccc(S(=O)(=O)N2CCNC(=O)C2)cc1.NCC(N)=O. The van der Waals surface area contributed by atoms with Crippen LogP contribution in [0.1, 0.15) is 62.3 Å². The van der Waals surface area contributed by atoms with Crippen LogP contribution in [0.3, 0.4) is 0 Å². The molecule has 0 spiro atoms. The van der Waals surface area contributed by atoms with Gasteiger partial charge in [-0.3, -0.25) is 9.59 Å². The summed E-state index contributed by atoms with van der Waals surface area (Å²) in [6, 6.07) is 14.0. The number of nitrogens with zero attached hydrogens (tertiary/aromatic N) is 1. The summed E-state index contributed by atoms with van der Waals surface area (Å²) in [5.41, 5.74) is 13.0. The van der Waals surface area contributed by atoms with Crippen LogP contribution in [0.15, 0.2) is 47.4 Å². The molecular formula is C29H43N5O5S. The Bertz CT molecular complexity index is 1260. The highest BCUT2D eigenvalue weighted by Gasteiger charge is 2.29. The molecule has 2 saturated heterocycles. The van der Waals surface area contributed by atoms with Gasteiger partial charge in [-0.25, -0.2) is 8.42 Å². The molecule has 2 aromatic carbocycles. The molecule has 2 amide bonds. The Morgan fingerprint density at radius 3 is 2.42 bits per heavy atom. The number of hydrogen-bond donors (Lipinski definition) is 4. The number of carbonyl (C=O) groups is 2. The number of aryl methyl sites for hydroxylation is 2. The molecule has 3 aliphatic heterocycles. The Kier molecular flexibility index (Phi) is 11.1. The zero-order valence-corrected chi connectivity index (χ0v) is 24.6. The average molecular weight is 574 g/mol. The van der Waals surface area contributed by atoms with Gasteiger partial charge in [0, 0.05) is 19.1 Å². The number of hydrogen-bond acceptors (Lipinski definition) is 7. The number of ether oxygens (including phenoxy) is 1. The van der Waals surface area contributed by atoms with E-state index in [1.54, 1.807) is 24.3 Å². The van der Waals surface area contributed by atoms with Gasteiger partial charge in [0.1, 0.15) is 11.4 Å². The van der Waals surface area contributed by atoms with Crippen LogP contribution in [0.2, 0.25) is 0 Å². The van der Waals surface area contributed by atoms with Crippen molar-refractivity contribution in [1.82, 2.24) is 14.9 Å². The quantitative estimate of drug-likeness (QED) is 0.437. The van der Waals surface area contributed by atoms with Crippen molar-refractivity contribution in [3.63, 3.8) is 0 Å². The lowest BCUT2D eigenvalue weighted by molar-refractivity contribution is -0.122. The van der Waals surface area contributed by atoms with E-state index in [2.05, 4.69) is 48.4 Å².